The Kier molecular flexibility index (Phi) is 4.94. The Labute approximate surface area is 120 Å². The van der Waals surface area contributed by atoms with E-state index < -0.39 is 0 Å². The van der Waals surface area contributed by atoms with Crippen LogP contribution in [0.3, 0.4) is 0 Å². The van der Waals surface area contributed by atoms with Crippen molar-refractivity contribution in [2.45, 2.75) is 39.3 Å². The fourth-order valence-electron chi connectivity index (χ4n) is 1.82. The summed E-state index contributed by atoms with van der Waals surface area (Å²) in [6.45, 7) is 5.67. The summed E-state index contributed by atoms with van der Waals surface area (Å²) >= 11 is 6.29. The van der Waals surface area contributed by atoms with Crippen LogP contribution in [0.15, 0.2) is 12.1 Å². The van der Waals surface area contributed by atoms with Gasteiger partial charge in [-0.2, -0.15) is 0 Å². The Balaban J connectivity index is 2.08. The van der Waals surface area contributed by atoms with Gasteiger partial charge in [-0.1, -0.05) is 25.4 Å². The maximum atomic E-state index is 6.29. The molecule has 106 valence electrons. The summed E-state index contributed by atoms with van der Waals surface area (Å²) in [5, 5.41) is 4.08. The number of hydrogen-bond donors (Lipinski definition) is 1. The molecule has 1 fully saturated rings. The minimum Gasteiger partial charge on any atom is -0.493 e. The molecule has 1 aliphatic rings. The highest BCUT2D eigenvalue weighted by Gasteiger charge is 2.20. The van der Waals surface area contributed by atoms with Crippen molar-refractivity contribution in [2.24, 2.45) is 5.92 Å². The molecule has 4 heteroatoms. The molecule has 1 aliphatic carbocycles. The third-order valence-corrected chi connectivity index (χ3v) is 3.30. The van der Waals surface area contributed by atoms with E-state index in [1.165, 1.54) is 12.8 Å². The van der Waals surface area contributed by atoms with E-state index in [0.717, 1.165) is 12.1 Å². The molecule has 1 N–H and O–H groups in total. The standard InChI is InChI=1S/C15H22ClNO2/c1-10(2)9-19-15-13(16)6-11(7-14(15)18-3)8-17-12-4-5-12/h6-7,10,12,17H,4-5,8-9H2,1-3H3. The Bertz CT molecular complexity index is 430. The molecule has 0 radical (unpaired) electrons. The number of nitrogens with one attached hydrogen (secondary N) is 1. The Morgan fingerprint density at radius 2 is 2.11 bits per heavy atom. The van der Waals surface area contributed by atoms with Gasteiger partial charge in [0, 0.05) is 12.6 Å². The lowest BCUT2D eigenvalue weighted by molar-refractivity contribution is 0.257. The quantitative estimate of drug-likeness (QED) is 0.829. The van der Waals surface area contributed by atoms with E-state index >= 15 is 0 Å². The van der Waals surface area contributed by atoms with Gasteiger partial charge in [0.2, 0.25) is 0 Å². The van der Waals surface area contributed by atoms with Crippen molar-refractivity contribution in [1.82, 2.24) is 5.32 Å². The van der Waals surface area contributed by atoms with Crippen molar-refractivity contribution < 1.29 is 9.47 Å². The van der Waals surface area contributed by atoms with Gasteiger partial charge in [-0.15, -0.1) is 0 Å². The van der Waals surface area contributed by atoms with Gasteiger partial charge in [-0.05, 0) is 36.5 Å². The van der Waals surface area contributed by atoms with E-state index in [4.69, 9.17) is 21.1 Å². The highest BCUT2D eigenvalue weighted by atomic mass is 35.5. The van der Waals surface area contributed by atoms with Crippen molar-refractivity contribution in [1.29, 1.82) is 0 Å². The van der Waals surface area contributed by atoms with Crippen molar-refractivity contribution in [2.75, 3.05) is 13.7 Å². The van der Waals surface area contributed by atoms with Crippen molar-refractivity contribution in [3.8, 4) is 11.5 Å². The molecule has 3 nitrogen and oxygen atoms in total. The summed E-state index contributed by atoms with van der Waals surface area (Å²) in [6.07, 6.45) is 2.56. The molecular formula is C15H22ClNO2. The van der Waals surface area contributed by atoms with Crippen molar-refractivity contribution >= 4 is 11.6 Å². The number of methoxy groups -OCH3 is 1. The average molecular weight is 284 g/mol. The monoisotopic (exact) mass is 283 g/mol. The molecule has 0 bridgehead atoms. The van der Waals surface area contributed by atoms with Gasteiger partial charge in [0.05, 0.1) is 18.7 Å². The average Bonchev–Trinajstić information content (AvgIpc) is 3.18. The summed E-state index contributed by atoms with van der Waals surface area (Å²) in [5.41, 5.74) is 1.13. The third-order valence-electron chi connectivity index (χ3n) is 3.02. The first-order valence-electron chi connectivity index (χ1n) is 6.82. The molecule has 2 rings (SSSR count). The van der Waals surface area contributed by atoms with Crippen molar-refractivity contribution in [3.05, 3.63) is 22.7 Å². The van der Waals surface area contributed by atoms with Crippen LogP contribution in [0, 0.1) is 5.92 Å². The van der Waals surface area contributed by atoms with Gasteiger partial charge in [-0.25, -0.2) is 0 Å². The van der Waals surface area contributed by atoms with Gasteiger partial charge in [-0.3, -0.25) is 0 Å². The topological polar surface area (TPSA) is 30.5 Å². The van der Waals surface area contributed by atoms with Gasteiger partial charge in [0.1, 0.15) is 0 Å². The number of halogens is 1. The second-order valence-corrected chi connectivity index (χ2v) is 5.88. The molecule has 0 aromatic heterocycles. The summed E-state index contributed by atoms with van der Waals surface area (Å²) in [4.78, 5) is 0. The Hall–Kier alpha value is -0.930. The maximum absolute atomic E-state index is 6.29. The molecule has 1 aromatic carbocycles. The smallest absolute Gasteiger partial charge is 0.179 e. The molecule has 0 saturated heterocycles. The highest BCUT2D eigenvalue weighted by Crippen LogP contribution is 2.36. The van der Waals surface area contributed by atoms with Crippen LogP contribution < -0.4 is 14.8 Å². The minimum absolute atomic E-state index is 0.456. The van der Waals surface area contributed by atoms with Crippen LogP contribution in [0.2, 0.25) is 5.02 Å². The first-order valence-corrected chi connectivity index (χ1v) is 7.20. The van der Waals surface area contributed by atoms with Gasteiger partial charge >= 0.3 is 0 Å². The molecule has 0 spiro atoms. The zero-order chi connectivity index (χ0) is 13.8. The first-order chi connectivity index (χ1) is 9.10. The number of ether oxygens (including phenoxy) is 2. The molecule has 0 amide bonds. The number of benzene rings is 1. The van der Waals surface area contributed by atoms with Crippen LogP contribution in [0.1, 0.15) is 32.3 Å². The van der Waals surface area contributed by atoms with E-state index in [-0.39, 0.29) is 0 Å². The molecule has 1 saturated carbocycles. The predicted octanol–water partition coefficient (Wildman–Crippen LogP) is 3.64. The van der Waals surface area contributed by atoms with E-state index in [0.29, 0.717) is 35.1 Å². The van der Waals surface area contributed by atoms with Crippen molar-refractivity contribution in [3.63, 3.8) is 0 Å². The lowest BCUT2D eigenvalue weighted by Gasteiger charge is -2.15. The SMILES string of the molecule is COc1cc(CNC2CC2)cc(Cl)c1OCC(C)C. The van der Waals surface area contributed by atoms with Crippen LogP contribution in [0.25, 0.3) is 0 Å². The van der Waals surface area contributed by atoms with E-state index in [1.807, 2.05) is 12.1 Å². The van der Waals surface area contributed by atoms with Gasteiger partial charge in [0.25, 0.3) is 0 Å². The number of hydrogen-bond acceptors (Lipinski definition) is 3. The summed E-state index contributed by atoms with van der Waals surface area (Å²) in [6, 6.07) is 4.63. The first kappa shape index (κ1) is 14.5. The van der Waals surface area contributed by atoms with Crippen LogP contribution in [-0.4, -0.2) is 19.8 Å². The van der Waals surface area contributed by atoms with Crippen LogP contribution in [0.5, 0.6) is 11.5 Å². The zero-order valence-corrected chi connectivity index (χ0v) is 12.6. The second kappa shape index (κ2) is 6.49. The zero-order valence-electron chi connectivity index (χ0n) is 11.8. The van der Waals surface area contributed by atoms with E-state index in [1.54, 1.807) is 7.11 Å². The Morgan fingerprint density at radius 3 is 2.68 bits per heavy atom. The fourth-order valence-corrected chi connectivity index (χ4v) is 2.10. The molecule has 1 aromatic rings. The predicted molar refractivity (Wildman–Crippen MR) is 78.2 cm³/mol. The number of rotatable bonds is 7. The largest absolute Gasteiger partial charge is 0.493 e. The van der Waals surface area contributed by atoms with Gasteiger partial charge < -0.3 is 14.8 Å². The van der Waals surface area contributed by atoms with Crippen LogP contribution in [0.4, 0.5) is 0 Å². The molecule has 0 aliphatic heterocycles. The van der Waals surface area contributed by atoms with E-state index in [2.05, 4.69) is 19.2 Å². The second-order valence-electron chi connectivity index (χ2n) is 5.47. The minimum atomic E-state index is 0.456. The third kappa shape index (κ3) is 4.29. The van der Waals surface area contributed by atoms with Gasteiger partial charge in [0.15, 0.2) is 11.5 Å². The van der Waals surface area contributed by atoms with Crippen LogP contribution in [-0.2, 0) is 6.54 Å². The molecule has 19 heavy (non-hydrogen) atoms. The summed E-state index contributed by atoms with van der Waals surface area (Å²) in [7, 11) is 1.64. The molecule has 0 heterocycles. The molecule has 0 unspecified atom stereocenters. The summed E-state index contributed by atoms with van der Waals surface area (Å²) < 4.78 is 11.1. The summed E-state index contributed by atoms with van der Waals surface area (Å²) in [5.74, 6) is 1.81. The normalized spacial score (nSPS) is 14.8. The molecule has 0 atom stereocenters. The molecular weight excluding hydrogens is 262 g/mol. The fraction of sp³-hybridized carbons (Fsp3) is 0.600. The van der Waals surface area contributed by atoms with E-state index in [9.17, 15) is 0 Å². The highest BCUT2D eigenvalue weighted by molar-refractivity contribution is 6.32. The van der Waals surface area contributed by atoms with Crippen LogP contribution >= 0.6 is 11.6 Å². The maximum Gasteiger partial charge on any atom is 0.179 e. The lowest BCUT2D eigenvalue weighted by atomic mass is 10.2. The lowest BCUT2D eigenvalue weighted by Crippen LogP contribution is -2.15. The Morgan fingerprint density at radius 1 is 1.37 bits per heavy atom.